The molecule has 1 saturated carbocycles. The Balaban J connectivity index is 1.21. The molecule has 7 nitrogen and oxygen atoms in total. The van der Waals surface area contributed by atoms with Crippen LogP contribution in [0.2, 0.25) is 0 Å². The van der Waals surface area contributed by atoms with E-state index in [1.807, 2.05) is 17.5 Å². The van der Waals surface area contributed by atoms with Gasteiger partial charge in [-0.25, -0.2) is 4.98 Å². The zero-order valence-corrected chi connectivity index (χ0v) is 21.6. The molecule has 0 saturated heterocycles. The summed E-state index contributed by atoms with van der Waals surface area (Å²) in [6.45, 7) is 1.73. The summed E-state index contributed by atoms with van der Waals surface area (Å²) >= 11 is 1.40. The molecule has 0 radical (unpaired) electrons. The predicted molar refractivity (Wildman–Crippen MR) is 147 cm³/mol. The minimum atomic E-state index is -0.794. The first-order valence-electron chi connectivity index (χ1n) is 12.3. The van der Waals surface area contributed by atoms with Gasteiger partial charge in [-0.15, -0.1) is 11.3 Å². The second-order valence-corrected chi connectivity index (χ2v) is 10.1. The van der Waals surface area contributed by atoms with E-state index in [0.29, 0.717) is 16.1 Å². The van der Waals surface area contributed by atoms with E-state index in [1.165, 1.54) is 11.3 Å². The van der Waals surface area contributed by atoms with Crippen molar-refractivity contribution in [3.8, 4) is 11.8 Å². The molecule has 3 N–H and O–H groups in total. The molecular weight excluding hydrogens is 496 g/mol. The third-order valence-electron chi connectivity index (χ3n) is 6.49. The van der Waals surface area contributed by atoms with Gasteiger partial charge in [-0.3, -0.25) is 14.4 Å². The third-order valence-corrected chi connectivity index (χ3v) is 7.18. The van der Waals surface area contributed by atoms with E-state index >= 15 is 0 Å². The minimum Gasteiger partial charge on any atom is -0.344 e. The molecular formula is C30H26N4O3S. The Morgan fingerprint density at radius 3 is 2.53 bits per heavy atom. The molecule has 0 aliphatic heterocycles. The zero-order valence-electron chi connectivity index (χ0n) is 20.8. The number of thiazole rings is 1. The second kappa shape index (κ2) is 10.9. The quantitative estimate of drug-likeness (QED) is 0.264. The highest BCUT2D eigenvalue weighted by atomic mass is 32.1. The Morgan fingerprint density at radius 2 is 1.76 bits per heavy atom. The molecule has 1 aliphatic rings. The van der Waals surface area contributed by atoms with Crippen molar-refractivity contribution in [2.75, 3.05) is 0 Å². The van der Waals surface area contributed by atoms with Crippen molar-refractivity contribution in [3.63, 3.8) is 0 Å². The van der Waals surface area contributed by atoms with Gasteiger partial charge in [0.05, 0.1) is 11.6 Å². The van der Waals surface area contributed by atoms with Gasteiger partial charge in [-0.1, -0.05) is 60.5 Å². The average Bonchev–Trinajstić information content (AvgIpc) is 3.52. The van der Waals surface area contributed by atoms with Gasteiger partial charge in [0.15, 0.2) is 5.01 Å². The molecule has 1 fully saturated rings. The molecule has 1 aliphatic carbocycles. The number of rotatable bonds is 6. The summed E-state index contributed by atoms with van der Waals surface area (Å²) in [6.07, 6.45) is 3.37. The number of carbonyl (C=O) groups is 3. The number of hydrogen-bond donors (Lipinski definition) is 3. The van der Waals surface area contributed by atoms with Crippen LogP contribution in [0, 0.1) is 11.8 Å². The first-order chi connectivity index (χ1) is 18.4. The fourth-order valence-electron chi connectivity index (χ4n) is 4.29. The number of fused-ring (bicyclic) bond motifs is 1. The summed E-state index contributed by atoms with van der Waals surface area (Å²) in [5.41, 5.74) is 1.77. The highest BCUT2D eigenvalue weighted by Gasteiger charge is 2.46. The molecule has 38 heavy (non-hydrogen) atoms. The summed E-state index contributed by atoms with van der Waals surface area (Å²) in [5.74, 6) is 3.91. The first-order valence-corrected chi connectivity index (χ1v) is 13.2. The Hall–Kier alpha value is -4.48. The molecule has 8 heteroatoms. The molecule has 5 rings (SSSR count). The van der Waals surface area contributed by atoms with Crippen molar-refractivity contribution in [2.24, 2.45) is 0 Å². The maximum Gasteiger partial charge on any atom is 0.310 e. The third kappa shape index (κ3) is 5.74. The molecule has 0 bridgehead atoms. The SMILES string of the molecule is C[C@@H](C#Cc1nccs1)NC(=O)C(=O)NCc1ccccc1C(=O)NC1(c2ccc3ccccc3c2)CC1. The molecule has 3 aromatic carbocycles. The Labute approximate surface area is 224 Å². The van der Waals surface area contributed by atoms with Gasteiger partial charge in [0, 0.05) is 23.7 Å². The standard InChI is InChI=1S/C30H26N4O3S/c1-20(10-13-26-31-16-17-38-26)33-29(37)28(36)32-19-23-8-4-5-9-25(23)27(35)34-30(14-15-30)24-12-11-21-6-2-3-7-22(21)18-24/h2-9,11-12,16-18,20H,14-15,19H2,1H3,(H,32,36)(H,33,37)(H,34,35)/t20-/m0/s1. The molecule has 1 aromatic heterocycles. The maximum atomic E-state index is 13.3. The monoisotopic (exact) mass is 522 g/mol. The fourth-order valence-corrected chi connectivity index (χ4v) is 4.78. The summed E-state index contributed by atoms with van der Waals surface area (Å²) in [5, 5.41) is 13.1. The largest absolute Gasteiger partial charge is 0.344 e. The molecule has 1 heterocycles. The number of carbonyl (C=O) groups excluding carboxylic acids is 3. The van der Waals surface area contributed by atoms with Gasteiger partial charge in [-0.2, -0.15) is 0 Å². The number of benzene rings is 3. The maximum absolute atomic E-state index is 13.3. The van der Waals surface area contributed by atoms with Crippen LogP contribution in [0.5, 0.6) is 0 Å². The smallest absolute Gasteiger partial charge is 0.310 e. The van der Waals surface area contributed by atoms with Crippen molar-refractivity contribution in [1.29, 1.82) is 0 Å². The van der Waals surface area contributed by atoms with Crippen molar-refractivity contribution in [2.45, 2.75) is 37.9 Å². The fraction of sp³-hybridized carbons (Fsp3) is 0.200. The van der Waals surface area contributed by atoms with Crippen LogP contribution in [0.25, 0.3) is 10.8 Å². The van der Waals surface area contributed by atoms with E-state index in [2.05, 4.69) is 63.1 Å². The Bertz CT molecular complexity index is 1570. The van der Waals surface area contributed by atoms with E-state index in [9.17, 15) is 14.4 Å². The number of nitrogens with one attached hydrogen (secondary N) is 3. The van der Waals surface area contributed by atoms with Crippen molar-refractivity contribution >= 4 is 39.8 Å². The minimum absolute atomic E-state index is 0.0397. The molecule has 4 aromatic rings. The van der Waals surface area contributed by atoms with Crippen molar-refractivity contribution < 1.29 is 14.4 Å². The molecule has 3 amide bonds. The summed E-state index contributed by atoms with van der Waals surface area (Å²) in [4.78, 5) is 42.1. The molecule has 0 spiro atoms. The lowest BCUT2D eigenvalue weighted by Crippen LogP contribution is -2.43. The van der Waals surface area contributed by atoms with Gasteiger partial charge in [0.2, 0.25) is 0 Å². The van der Waals surface area contributed by atoms with Crippen molar-refractivity contribution in [3.05, 3.63) is 100 Å². The van der Waals surface area contributed by atoms with E-state index in [-0.39, 0.29) is 12.5 Å². The number of aromatic nitrogens is 1. The van der Waals surface area contributed by atoms with Gasteiger partial charge >= 0.3 is 11.8 Å². The predicted octanol–water partition coefficient (Wildman–Crippen LogP) is 3.89. The lowest BCUT2D eigenvalue weighted by Gasteiger charge is -2.20. The van der Waals surface area contributed by atoms with Gasteiger partial charge < -0.3 is 16.0 Å². The van der Waals surface area contributed by atoms with Crippen LogP contribution in [0.15, 0.2) is 78.3 Å². The van der Waals surface area contributed by atoms with Crippen LogP contribution in [0.4, 0.5) is 0 Å². The molecule has 0 unspecified atom stereocenters. The summed E-state index contributed by atoms with van der Waals surface area (Å²) in [7, 11) is 0. The topological polar surface area (TPSA) is 100 Å². The van der Waals surface area contributed by atoms with Crippen LogP contribution in [0.3, 0.4) is 0 Å². The van der Waals surface area contributed by atoms with Gasteiger partial charge in [0.1, 0.15) is 0 Å². The van der Waals surface area contributed by atoms with Crippen LogP contribution in [-0.2, 0) is 21.7 Å². The van der Waals surface area contributed by atoms with Crippen LogP contribution >= 0.6 is 11.3 Å². The van der Waals surface area contributed by atoms with Crippen LogP contribution < -0.4 is 16.0 Å². The highest BCUT2D eigenvalue weighted by Crippen LogP contribution is 2.46. The van der Waals surface area contributed by atoms with Crippen LogP contribution in [0.1, 0.15) is 46.3 Å². The van der Waals surface area contributed by atoms with E-state index in [1.54, 1.807) is 37.4 Å². The normalized spacial score (nSPS) is 14.0. The number of hydrogen-bond acceptors (Lipinski definition) is 5. The van der Waals surface area contributed by atoms with Crippen LogP contribution in [-0.4, -0.2) is 28.7 Å². The van der Waals surface area contributed by atoms with E-state index < -0.39 is 23.4 Å². The second-order valence-electron chi connectivity index (χ2n) is 9.24. The average molecular weight is 523 g/mol. The Kier molecular flexibility index (Phi) is 7.20. The van der Waals surface area contributed by atoms with Gasteiger partial charge in [-0.05, 0) is 59.7 Å². The summed E-state index contributed by atoms with van der Waals surface area (Å²) in [6, 6.07) is 21.0. The number of nitrogens with zero attached hydrogens (tertiary/aromatic N) is 1. The highest BCUT2D eigenvalue weighted by molar-refractivity contribution is 7.10. The number of amides is 3. The molecule has 1 atom stereocenters. The van der Waals surface area contributed by atoms with Gasteiger partial charge in [0.25, 0.3) is 5.91 Å². The lowest BCUT2D eigenvalue weighted by atomic mass is 9.99. The van der Waals surface area contributed by atoms with E-state index in [4.69, 9.17) is 0 Å². The van der Waals surface area contributed by atoms with Crippen molar-refractivity contribution in [1.82, 2.24) is 20.9 Å². The Morgan fingerprint density at radius 1 is 1.00 bits per heavy atom. The zero-order chi connectivity index (χ0) is 26.5. The van der Waals surface area contributed by atoms with E-state index in [0.717, 1.165) is 29.2 Å². The molecule has 190 valence electrons. The first kappa shape index (κ1) is 25.2. The lowest BCUT2D eigenvalue weighted by molar-refractivity contribution is -0.139. The summed E-state index contributed by atoms with van der Waals surface area (Å²) < 4.78 is 0.